The molecule has 1 aromatic carbocycles. The van der Waals surface area contributed by atoms with Crippen LogP contribution in [0.1, 0.15) is 21.5 Å². The van der Waals surface area contributed by atoms with Gasteiger partial charge in [-0.3, -0.25) is 14.3 Å². The molecule has 0 aliphatic heterocycles. The molecule has 2 N–H and O–H groups in total. The van der Waals surface area contributed by atoms with Crippen LogP contribution in [-0.4, -0.2) is 26.8 Å². The van der Waals surface area contributed by atoms with E-state index in [1.807, 2.05) is 32.0 Å². The summed E-state index contributed by atoms with van der Waals surface area (Å²) in [6, 6.07) is 5.64. The minimum Gasteiger partial charge on any atom is -0.480 e. The first-order valence-corrected chi connectivity index (χ1v) is 6.09. The van der Waals surface area contributed by atoms with Crippen LogP contribution < -0.4 is 5.32 Å². The number of benzene rings is 1. The van der Waals surface area contributed by atoms with E-state index in [4.69, 9.17) is 5.11 Å². The predicted molar refractivity (Wildman–Crippen MR) is 73.7 cm³/mol. The van der Waals surface area contributed by atoms with Crippen molar-refractivity contribution < 1.29 is 14.7 Å². The molecule has 0 saturated heterocycles. The Kier molecular flexibility index (Phi) is 3.84. The molecule has 0 aliphatic carbocycles. The van der Waals surface area contributed by atoms with Crippen LogP contribution in [0.5, 0.6) is 0 Å². The minimum atomic E-state index is -0.985. The van der Waals surface area contributed by atoms with Gasteiger partial charge >= 0.3 is 5.97 Å². The number of hydrogen-bond acceptors (Lipinski definition) is 3. The van der Waals surface area contributed by atoms with Crippen molar-refractivity contribution in [3.8, 4) is 0 Å². The van der Waals surface area contributed by atoms with E-state index in [1.54, 1.807) is 0 Å². The molecule has 0 radical (unpaired) electrons. The fourth-order valence-electron chi connectivity index (χ4n) is 2.02. The summed E-state index contributed by atoms with van der Waals surface area (Å²) >= 11 is 0. The lowest BCUT2D eigenvalue weighted by molar-refractivity contribution is -0.137. The molecule has 6 nitrogen and oxygen atoms in total. The molecule has 2 rings (SSSR count). The number of carboxylic acids is 1. The number of aliphatic carboxylic acids is 1. The van der Waals surface area contributed by atoms with Gasteiger partial charge in [0.1, 0.15) is 6.54 Å². The second kappa shape index (κ2) is 5.56. The first-order chi connectivity index (χ1) is 9.47. The number of amides is 1. The predicted octanol–water partition coefficient (Wildman–Crippen LogP) is 1.84. The maximum absolute atomic E-state index is 12.2. The Morgan fingerprint density at radius 1 is 1.30 bits per heavy atom. The Morgan fingerprint density at radius 2 is 1.95 bits per heavy atom. The van der Waals surface area contributed by atoms with E-state index >= 15 is 0 Å². The van der Waals surface area contributed by atoms with Crippen LogP contribution in [0, 0.1) is 13.8 Å². The second-order valence-corrected chi connectivity index (χ2v) is 4.54. The van der Waals surface area contributed by atoms with E-state index in [0.29, 0.717) is 11.3 Å². The zero-order valence-corrected chi connectivity index (χ0v) is 11.3. The molecule has 6 heteroatoms. The van der Waals surface area contributed by atoms with Gasteiger partial charge in [0.2, 0.25) is 0 Å². The highest BCUT2D eigenvalue weighted by Gasteiger charge is 2.13. The largest absolute Gasteiger partial charge is 0.480 e. The number of carbonyl (C=O) groups excluding carboxylic acids is 1. The van der Waals surface area contributed by atoms with Gasteiger partial charge in [-0.1, -0.05) is 18.2 Å². The van der Waals surface area contributed by atoms with Crippen molar-refractivity contribution in [1.29, 1.82) is 0 Å². The van der Waals surface area contributed by atoms with Gasteiger partial charge in [0, 0.05) is 11.8 Å². The van der Waals surface area contributed by atoms with Crippen LogP contribution in [0.2, 0.25) is 0 Å². The number of nitrogens with zero attached hydrogens (tertiary/aromatic N) is 2. The highest BCUT2D eigenvalue weighted by molar-refractivity contribution is 6.06. The molecule has 1 aromatic heterocycles. The van der Waals surface area contributed by atoms with Gasteiger partial charge in [0.15, 0.2) is 0 Å². The summed E-state index contributed by atoms with van der Waals surface area (Å²) in [5.74, 6) is -1.21. The SMILES string of the molecule is Cc1cccc(C)c1C(=O)Nc1cnn(CC(=O)O)c1. The molecule has 0 bridgehead atoms. The molecule has 0 unspecified atom stereocenters. The van der Waals surface area contributed by atoms with E-state index in [2.05, 4.69) is 10.4 Å². The molecule has 0 saturated carbocycles. The fourth-order valence-corrected chi connectivity index (χ4v) is 2.02. The zero-order chi connectivity index (χ0) is 14.7. The summed E-state index contributed by atoms with van der Waals surface area (Å²) in [6.45, 7) is 3.50. The molecule has 20 heavy (non-hydrogen) atoms. The average molecular weight is 273 g/mol. The molecular weight excluding hydrogens is 258 g/mol. The van der Waals surface area contributed by atoms with E-state index < -0.39 is 5.97 Å². The number of anilines is 1. The number of carboxylic acid groups (broad SMARTS) is 1. The lowest BCUT2D eigenvalue weighted by atomic mass is 10.0. The standard InChI is InChI=1S/C14H15N3O3/c1-9-4-3-5-10(2)13(9)14(20)16-11-6-15-17(7-11)8-12(18)19/h3-7H,8H2,1-2H3,(H,16,20)(H,18,19). The molecule has 1 heterocycles. The Bertz CT molecular complexity index is 641. The number of aromatic nitrogens is 2. The summed E-state index contributed by atoms with van der Waals surface area (Å²) < 4.78 is 1.25. The number of hydrogen-bond donors (Lipinski definition) is 2. The average Bonchev–Trinajstić information content (AvgIpc) is 2.75. The molecule has 0 aliphatic rings. The smallest absolute Gasteiger partial charge is 0.325 e. The van der Waals surface area contributed by atoms with Gasteiger partial charge in [-0.15, -0.1) is 0 Å². The Labute approximate surface area is 116 Å². The van der Waals surface area contributed by atoms with Crippen LogP contribution in [0.3, 0.4) is 0 Å². The van der Waals surface area contributed by atoms with Crippen molar-refractivity contribution in [2.75, 3.05) is 5.32 Å². The van der Waals surface area contributed by atoms with Crippen LogP contribution in [0.15, 0.2) is 30.6 Å². The lowest BCUT2D eigenvalue weighted by Crippen LogP contribution is -2.14. The van der Waals surface area contributed by atoms with Crippen LogP contribution in [0.4, 0.5) is 5.69 Å². The molecule has 0 spiro atoms. The van der Waals surface area contributed by atoms with Gasteiger partial charge < -0.3 is 10.4 Å². The first-order valence-electron chi connectivity index (χ1n) is 6.09. The quantitative estimate of drug-likeness (QED) is 0.890. The lowest BCUT2D eigenvalue weighted by Gasteiger charge is -2.08. The number of carbonyl (C=O) groups is 2. The maximum atomic E-state index is 12.2. The van der Waals surface area contributed by atoms with E-state index in [9.17, 15) is 9.59 Å². The topological polar surface area (TPSA) is 84.2 Å². The molecule has 2 aromatic rings. The minimum absolute atomic E-state index is 0.226. The van der Waals surface area contributed by atoms with Crippen molar-refractivity contribution in [3.63, 3.8) is 0 Å². The second-order valence-electron chi connectivity index (χ2n) is 4.54. The summed E-state index contributed by atoms with van der Waals surface area (Å²) in [7, 11) is 0. The summed E-state index contributed by atoms with van der Waals surface area (Å²) in [5.41, 5.74) is 2.87. The summed E-state index contributed by atoms with van der Waals surface area (Å²) in [5, 5.41) is 15.2. The highest BCUT2D eigenvalue weighted by Crippen LogP contribution is 2.15. The van der Waals surface area contributed by atoms with Crippen LogP contribution in [0.25, 0.3) is 0 Å². The van der Waals surface area contributed by atoms with Crippen molar-refractivity contribution >= 4 is 17.6 Å². The molecule has 1 amide bonds. The summed E-state index contributed by atoms with van der Waals surface area (Å²) in [4.78, 5) is 22.8. The normalized spacial score (nSPS) is 10.3. The van der Waals surface area contributed by atoms with Crippen LogP contribution >= 0.6 is 0 Å². The third kappa shape index (κ3) is 3.03. The summed E-state index contributed by atoms with van der Waals surface area (Å²) in [6.07, 6.45) is 2.91. The van der Waals surface area contributed by atoms with Crippen LogP contribution in [-0.2, 0) is 11.3 Å². The number of nitrogens with one attached hydrogen (secondary N) is 1. The highest BCUT2D eigenvalue weighted by atomic mass is 16.4. The zero-order valence-electron chi connectivity index (χ0n) is 11.3. The van der Waals surface area contributed by atoms with Crippen molar-refractivity contribution in [2.45, 2.75) is 20.4 Å². The molecule has 0 fully saturated rings. The van der Waals surface area contributed by atoms with Gasteiger partial charge in [0.25, 0.3) is 5.91 Å². The Morgan fingerprint density at radius 3 is 2.55 bits per heavy atom. The monoisotopic (exact) mass is 273 g/mol. The van der Waals surface area contributed by atoms with Gasteiger partial charge in [0.05, 0.1) is 11.9 Å². The van der Waals surface area contributed by atoms with E-state index in [-0.39, 0.29) is 12.5 Å². The number of rotatable bonds is 4. The Balaban J connectivity index is 2.16. The van der Waals surface area contributed by atoms with E-state index in [0.717, 1.165) is 11.1 Å². The number of aryl methyl sites for hydroxylation is 2. The first kappa shape index (κ1) is 13.8. The Hall–Kier alpha value is -2.63. The van der Waals surface area contributed by atoms with Crippen molar-refractivity contribution in [1.82, 2.24) is 9.78 Å². The van der Waals surface area contributed by atoms with Gasteiger partial charge in [-0.25, -0.2) is 0 Å². The van der Waals surface area contributed by atoms with Crippen molar-refractivity contribution in [3.05, 3.63) is 47.3 Å². The maximum Gasteiger partial charge on any atom is 0.325 e. The van der Waals surface area contributed by atoms with Gasteiger partial charge in [-0.05, 0) is 25.0 Å². The molecule has 0 atom stereocenters. The third-order valence-electron chi connectivity index (χ3n) is 2.90. The third-order valence-corrected chi connectivity index (χ3v) is 2.90. The fraction of sp³-hybridized carbons (Fsp3) is 0.214. The van der Waals surface area contributed by atoms with Gasteiger partial charge in [-0.2, -0.15) is 5.10 Å². The van der Waals surface area contributed by atoms with E-state index in [1.165, 1.54) is 17.1 Å². The molecule has 104 valence electrons. The molecular formula is C14H15N3O3. The van der Waals surface area contributed by atoms with Crippen molar-refractivity contribution in [2.24, 2.45) is 0 Å².